The predicted molar refractivity (Wildman–Crippen MR) is 99.5 cm³/mol. The molecular weight excluding hydrogens is 322 g/mol. The summed E-state index contributed by atoms with van der Waals surface area (Å²) in [6.45, 7) is 10.00. The van der Waals surface area contributed by atoms with E-state index in [-0.39, 0.29) is 12.4 Å². The van der Waals surface area contributed by atoms with Crippen molar-refractivity contribution in [3.63, 3.8) is 0 Å². The van der Waals surface area contributed by atoms with Crippen molar-refractivity contribution in [2.24, 2.45) is 0 Å². The summed E-state index contributed by atoms with van der Waals surface area (Å²) in [5.74, 6) is -1.00. The minimum absolute atomic E-state index is 0.131. The average molecular weight is 361 g/mol. The maximum absolute atomic E-state index is 12.5. The van der Waals surface area contributed by atoms with Crippen molar-refractivity contribution in [1.29, 1.82) is 0 Å². The highest BCUT2D eigenvalue weighted by atomic mass is 16.6. The number of nitrogens with one attached hydrogen (secondary N) is 2. The highest BCUT2D eigenvalue weighted by Gasteiger charge is 2.32. The topological polar surface area (TPSA) is 87.7 Å². The lowest BCUT2D eigenvalue weighted by atomic mass is 10.1. The molecule has 25 heavy (non-hydrogen) atoms. The van der Waals surface area contributed by atoms with Gasteiger partial charge in [-0.2, -0.15) is 0 Å². The first kappa shape index (κ1) is 23.8. The number of ether oxygens (including phenoxy) is 1. The van der Waals surface area contributed by atoms with Gasteiger partial charge in [-0.15, -0.1) is 0 Å². The molecule has 0 fully saturated rings. The molecule has 0 bridgehead atoms. The molecule has 148 valence electrons. The molecule has 0 atom stereocenters. The van der Waals surface area contributed by atoms with E-state index >= 15 is 0 Å². The van der Waals surface area contributed by atoms with Gasteiger partial charge in [0.2, 0.25) is 0 Å². The van der Waals surface area contributed by atoms with Gasteiger partial charge in [0, 0.05) is 32.4 Å². The third-order valence-corrected chi connectivity index (χ3v) is 4.03. The summed E-state index contributed by atoms with van der Waals surface area (Å²) in [7, 11) is 3.82. The van der Waals surface area contributed by atoms with Crippen LogP contribution >= 0.6 is 0 Å². The minimum atomic E-state index is -0.791. The lowest BCUT2D eigenvalue weighted by Gasteiger charge is -2.39. The van der Waals surface area contributed by atoms with Gasteiger partial charge in [-0.05, 0) is 34.9 Å². The molecule has 0 saturated carbocycles. The Morgan fingerprint density at radius 2 is 1.44 bits per heavy atom. The second-order valence-corrected chi connectivity index (χ2v) is 7.67. The first-order valence-corrected chi connectivity index (χ1v) is 9.22. The SMILES string of the molecule is CNCCC[N+](CCCNC)(CCCC(=O)O)CC(=O)OC(C)(C)C. The predicted octanol–water partition coefficient (Wildman–Crippen LogP) is 1.23. The Kier molecular flexibility index (Phi) is 11.6. The fraction of sp³-hybridized carbons (Fsp3) is 0.889. The van der Waals surface area contributed by atoms with E-state index in [0.717, 1.165) is 39.0 Å². The van der Waals surface area contributed by atoms with Crippen molar-refractivity contribution in [2.45, 2.75) is 52.1 Å². The fourth-order valence-electron chi connectivity index (χ4n) is 2.97. The van der Waals surface area contributed by atoms with Crippen molar-refractivity contribution in [1.82, 2.24) is 10.6 Å². The number of carbonyl (C=O) groups is 2. The Balaban J connectivity index is 5.09. The van der Waals surface area contributed by atoms with Crippen LogP contribution in [0.3, 0.4) is 0 Å². The summed E-state index contributed by atoms with van der Waals surface area (Å²) in [5.41, 5.74) is -0.510. The molecule has 0 aromatic heterocycles. The Hall–Kier alpha value is -1.18. The number of rotatable bonds is 14. The molecule has 0 aliphatic rings. The first-order valence-electron chi connectivity index (χ1n) is 9.22. The maximum atomic E-state index is 12.5. The Morgan fingerprint density at radius 1 is 0.960 bits per heavy atom. The van der Waals surface area contributed by atoms with Crippen LogP contribution in [0.25, 0.3) is 0 Å². The van der Waals surface area contributed by atoms with Crippen molar-refractivity contribution >= 4 is 11.9 Å². The lowest BCUT2D eigenvalue weighted by Crippen LogP contribution is -2.54. The molecule has 0 amide bonds. The average Bonchev–Trinajstić information content (AvgIpc) is 2.45. The normalized spacial score (nSPS) is 12.2. The largest absolute Gasteiger partial charge is 0.481 e. The zero-order valence-corrected chi connectivity index (χ0v) is 16.7. The molecule has 3 N–H and O–H groups in total. The summed E-state index contributed by atoms with van der Waals surface area (Å²) in [6, 6.07) is 0. The van der Waals surface area contributed by atoms with Crippen LogP contribution in [0.4, 0.5) is 0 Å². The zero-order chi connectivity index (χ0) is 19.3. The molecule has 0 unspecified atom stereocenters. The summed E-state index contributed by atoms with van der Waals surface area (Å²) in [6.07, 6.45) is 2.57. The Morgan fingerprint density at radius 3 is 1.84 bits per heavy atom. The molecule has 0 aromatic rings. The molecule has 7 nitrogen and oxygen atoms in total. The highest BCUT2D eigenvalue weighted by Crippen LogP contribution is 2.16. The first-order chi connectivity index (χ1) is 11.6. The van der Waals surface area contributed by atoms with E-state index in [4.69, 9.17) is 9.84 Å². The molecule has 0 aliphatic carbocycles. The molecule has 0 spiro atoms. The molecule has 0 aliphatic heterocycles. The highest BCUT2D eigenvalue weighted by molar-refractivity contribution is 5.71. The Bertz CT molecular complexity index is 384. The van der Waals surface area contributed by atoms with Crippen LogP contribution in [-0.4, -0.2) is 80.5 Å². The number of carboxylic acids is 1. The molecule has 0 aromatic carbocycles. The van der Waals surface area contributed by atoms with E-state index in [9.17, 15) is 9.59 Å². The number of nitrogens with zero attached hydrogens (tertiary/aromatic N) is 1. The summed E-state index contributed by atoms with van der Waals surface area (Å²) >= 11 is 0. The van der Waals surface area contributed by atoms with Gasteiger partial charge in [0.15, 0.2) is 6.54 Å². The van der Waals surface area contributed by atoms with Crippen LogP contribution < -0.4 is 10.6 Å². The number of hydrogen-bond donors (Lipinski definition) is 3. The van der Waals surface area contributed by atoms with Crippen LogP contribution in [0.15, 0.2) is 0 Å². The van der Waals surface area contributed by atoms with E-state index in [1.54, 1.807) is 0 Å². The van der Waals surface area contributed by atoms with Crippen molar-refractivity contribution in [2.75, 3.05) is 53.4 Å². The minimum Gasteiger partial charge on any atom is -0.481 e. The number of carboxylic acid groups (broad SMARTS) is 1. The van der Waals surface area contributed by atoms with Crippen LogP contribution in [0, 0.1) is 0 Å². The van der Waals surface area contributed by atoms with Gasteiger partial charge in [0.05, 0.1) is 26.1 Å². The smallest absolute Gasteiger partial charge is 0.362 e. The van der Waals surface area contributed by atoms with Gasteiger partial charge >= 0.3 is 11.9 Å². The zero-order valence-electron chi connectivity index (χ0n) is 16.7. The second-order valence-electron chi connectivity index (χ2n) is 7.67. The third-order valence-electron chi connectivity index (χ3n) is 4.03. The molecule has 0 saturated heterocycles. The maximum Gasteiger partial charge on any atom is 0.362 e. The standard InChI is InChI=1S/C18H37N3O4/c1-18(2,3)25-17(24)15-21(13-7-10-19-4,14-8-11-20-5)12-6-9-16(22)23/h19-20H,6-15H2,1-5H3/p+1. The number of esters is 1. The van der Waals surface area contributed by atoms with Crippen molar-refractivity contribution in [3.8, 4) is 0 Å². The van der Waals surface area contributed by atoms with Crippen LogP contribution in [-0.2, 0) is 14.3 Å². The van der Waals surface area contributed by atoms with Gasteiger partial charge in [-0.1, -0.05) is 0 Å². The van der Waals surface area contributed by atoms with E-state index in [1.165, 1.54) is 0 Å². The molecule has 0 heterocycles. The van der Waals surface area contributed by atoms with Crippen LogP contribution in [0.1, 0.15) is 46.5 Å². The molecule has 0 rings (SSSR count). The Labute approximate surface area is 152 Å². The van der Waals surface area contributed by atoms with E-state index in [0.29, 0.717) is 24.0 Å². The summed E-state index contributed by atoms with van der Waals surface area (Å²) in [4.78, 5) is 23.3. The van der Waals surface area contributed by atoms with E-state index in [2.05, 4.69) is 10.6 Å². The van der Waals surface area contributed by atoms with E-state index in [1.807, 2.05) is 34.9 Å². The monoisotopic (exact) mass is 360 g/mol. The lowest BCUT2D eigenvalue weighted by molar-refractivity contribution is -0.921. The fourth-order valence-corrected chi connectivity index (χ4v) is 2.97. The number of aliphatic carboxylic acids is 1. The number of carbonyl (C=O) groups excluding carboxylic acids is 1. The molecule has 7 heteroatoms. The van der Waals surface area contributed by atoms with Gasteiger partial charge in [-0.25, -0.2) is 4.79 Å². The van der Waals surface area contributed by atoms with Gasteiger partial charge < -0.3 is 25.0 Å². The number of quaternary nitrogens is 1. The van der Waals surface area contributed by atoms with Crippen molar-refractivity contribution < 1.29 is 23.9 Å². The second kappa shape index (κ2) is 12.2. The van der Waals surface area contributed by atoms with Gasteiger partial charge in [0.1, 0.15) is 5.60 Å². The third kappa shape index (κ3) is 12.8. The molecular formula is C18H38N3O4+. The molecule has 0 radical (unpaired) electrons. The van der Waals surface area contributed by atoms with Crippen LogP contribution in [0.2, 0.25) is 0 Å². The van der Waals surface area contributed by atoms with Crippen molar-refractivity contribution in [3.05, 3.63) is 0 Å². The summed E-state index contributed by atoms with van der Waals surface area (Å²) in [5, 5.41) is 15.2. The number of hydrogen-bond acceptors (Lipinski definition) is 5. The quantitative estimate of drug-likeness (QED) is 0.245. The summed E-state index contributed by atoms with van der Waals surface area (Å²) < 4.78 is 6.12. The van der Waals surface area contributed by atoms with Gasteiger partial charge in [-0.3, -0.25) is 4.79 Å². The van der Waals surface area contributed by atoms with Crippen LogP contribution in [0.5, 0.6) is 0 Å². The van der Waals surface area contributed by atoms with E-state index < -0.39 is 11.6 Å². The van der Waals surface area contributed by atoms with Gasteiger partial charge in [0.25, 0.3) is 0 Å².